The van der Waals surface area contributed by atoms with E-state index in [0.717, 1.165) is 23.8 Å². The number of hydrogen-bond donors (Lipinski definition) is 1. The van der Waals surface area contributed by atoms with Gasteiger partial charge in [0.15, 0.2) is 5.11 Å². The largest absolute Gasteiger partial charge is 0.352 e. The fourth-order valence-corrected chi connectivity index (χ4v) is 3.67. The molecule has 1 aliphatic rings. The smallest absolute Gasteiger partial charge is 0.170 e. The summed E-state index contributed by atoms with van der Waals surface area (Å²) in [4.78, 5) is 6.87. The summed E-state index contributed by atoms with van der Waals surface area (Å²) in [5.74, 6) is 0. The van der Waals surface area contributed by atoms with Crippen LogP contribution in [0, 0.1) is 0 Å². The number of nitrogens with zero attached hydrogens (tertiary/aromatic N) is 3. The molecule has 3 rings (SSSR count). The second-order valence-electron chi connectivity index (χ2n) is 6.25. The Kier molecular flexibility index (Phi) is 4.66. The van der Waals surface area contributed by atoms with E-state index in [2.05, 4.69) is 64.9 Å². The van der Waals surface area contributed by atoms with Crippen LogP contribution in [-0.2, 0) is 0 Å². The van der Waals surface area contributed by atoms with E-state index in [1.54, 1.807) is 0 Å². The molecule has 0 aromatic carbocycles. The van der Waals surface area contributed by atoms with E-state index in [1.807, 2.05) is 18.3 Å². The standard InChI is InChI=1S/C18H24N4S/c1-4-11-22-17(15-9-7-12-21(15)13(2)3)16(20-18(22)23)14-8-5-6-10-19-14/h5-10,12-13,16-17H,4,11H2,1-3H3,(H,20,23)/t16-,17-/m1/s1. The molecule has 23 heavy (non-hydrogen) atoms. The second-order valence-corrected chi connectivity index (χ2v) is 6.64. The van der Waals surface area contributed by atoms with Gasteiger partial charge >= 0.3 is 0 Å². The van der Waals surface area contributed by atoms with Crippen molar-refractivity contribution in [1.29, 1.82) is 0 Å². The molecule has 1 fully saturated rings. The molecule has 0 bridgehead atoms. The van der Waals surface area contributed by atoms with Gasteiger partial charge in [-0.15, -0.1) is 0 Å². The van der Waals surface area contributed by atoms with Gasteiger partial charge in [-0.2, -0.15) is 0 Å². The summed E-state index contributed by atoms with van der Waals surface area (Å²) >= 11 is 5.62. The number of thiocarbonyl (C=S) groups is 1. The predicted octanol–water partition coefficient (Wildman–Crippen LogP) is 3.85. The summed E-state index contributed by atoms with van der Waals surface area (Å²) in [6.07, 6.45) is 5.07. The average molecular weight is 328 g/mol. The minimum absolute atomic E-state index is 0.0858. The van der Waals surface area contributed by atoms with Crippen molar-refractivity contribution in [1.82, 2.24) is 19.8 Å². The lowest BCUT2D eigenvalue weighted by Crippen LogP contribution is -2.31. The third-order valence-corrected chi connectivity index (χ3v) is 4.69. The third kappa shape index (κ3) is 2.98. The Morgan fingerprint density at radius 1 is 1.26 bits per heavy atom. The van der Waals surface area contributed by atoms with Crippen molar-refractivity contribution in [2.75, 3.05) is 6.54 Å². The number of pyridine rings is 1. The average Bonchev–Trinajstić information content (AvgIpc) is 3.14. The topological polar surface area (TPSA) is 33.1 Å². The molecule has 1 N–H and O–H groups in total. The summed E-state index contributed by atoms with van der Waals surface area (Å²) in [6.45, 7) is 7.56. The van der Waals surface area contributed by atoms with Gasteiger partial charge in [-0.05, 0) is 56.8 Å². The molecule has 2 aromatic heterocycles. The van der Waals surface area contributed by atoms with E-state index in [1.165, 1.54) is 5.69 Å². The van der Waals surface area contributed by atoms with Crippen molar-refractivity contribution >= 4 is 17.3 Å². The molecule has 0 spiro atoms. The zero-order valence-electron chi connectivity index (χ0n) is 13.9. The Morgan fingerprint density at radius 2 is 2.09 bits per heavy atom. The Bertz CT molecular complexity index is 665. The summed E-state index contributed by atoms with van der Waals surface area (Å²) < 4.78 is 2.33. The Balaban J connectivity index is 2.05. The van der Waals surface area contributed by atoms with Crippen LogP contribution in [0.25, 0.3) is 0 Å². The number of nitrogens with one attached hydrogen (secondary N) is 1. The number of rotatable bonds is 5. The maximum Gasteiger partial charge on any atom is 0.170 e. The van der Waals surface area contributed by atoms with Crippen LogP contribution in [0.1, 0.15) is 56.7 Å². The van der Waals surface area contributed by atoms with Gasteiger partial charge in [0.2, 0.25) is 0 Å². The molecule has 4 nitrogen and oxygen atoms in total. The number of hydrogen-bond acceptors (Lipinski definition) is 2. The Hall–Kier alpha value is -1.88. The van der Waals surface area contributed by atoms with Crippen LogP contribution in [0.2, 0.25) is 0 Å². The quantitative estimate of drug-likeness (QED) is 0.845. The van der Waals surface area contributed by atoms with Gasteiger partial charge in [-0.25, -0.2) is 0 Å². The van der Waals surface area contributed by atoms with Gasteiger partial charge in [-0.3, -0.25) is 4.98 Å². The SMILES string of the molecule is CCCN1C(=S)N[C@H](c2ccccn2)[C@H]1c1cccn1C(C)C. The van der Waals surface area contributed by atoms with Crippen LogP contribution in [0.3, 0.4) is 0 Å². The normalized spacial score (nSPS) is 21.0. The maximum atomic E-state index is 5.62. The summed E-state index contributed by atoms with van der Waals surface area (Å²) in [6, 6.07) is 11.1. The third-order valence-electron chi connectivity index (χ3n) is 4.33. The van der Waals surface area contributed by atoms with Crippen LogP contribution in [-0.4, -0.2) is 26.1 Å². The molecule has 5 heteroatoms. The first-order valence-corrected chi connectivity index (χ1v) is 8.69. The minimum Gasteiger partial charge on any atom is -0.352 e. The van der Waals surface area contributed by atoms with Crippen molar-refractivity contribution in [2.24, 2.45) is 0 Å². The van der Waals surface area contributed by atoms with E-state index < -0.39 is 0 Å². The molecule has 0 unspecified atom stereocenters. The van der Waals surface area contributed by atoms with E-state index >= 15 is 0 Å². The van der Waals surface area contributed by atoms with Crippen LogP contribution < -0.4 is 5.32 Å². The highest BCUT2D eigenvalue weighted by Gasteiger charge is 2.40. The summed E-state index contributed by atoms with van der Waals surface area (Å²) in [5, 5.41) is 4.31. The van der Waals surface area contributed by atoms with Crippen molar-refractivity contribution in [3.05, 3.63) is 54.1 Å². The van der Waals surface area contributed by atoms with E-state index in [0.29, 0.717) is 6.04 Å². The van der Waals surface area contributed by atoms with Crippen LogP contribution in [0.15, 0.2) is 42.7 Å². The molecule has 2 atom stereocenters. The molecule has 122 valence electrons. The lowest BCUT2D eigenvalue weighted by atomic mass is 10.0. The van der Waals surface area contributed by atoms with E-state index in [9.17, 15) is 0 Å². The van der Waals surface area contributed by atoms with Crippen LogP contribution >= 0.6 is 12.2 Å². The lowest BCUT2D eigenvalue weighted by molar-refractivity contribution is 0.299. The number of aromatic nitrogens is 2. The highest BCUT2D eigenvalue weighted by Crippen LogP contribution is 2.39. The molecule has 1 aliphatic heterocycles. The summed E-state index contributed by atoms with van der Waals surface area (Å²) in [5.41, 5.74) is 2.33. The highest BCUT2D eigenvalue weighted by molar-refractivity contribution is 7.80. The first-order chi connectivity index (χ1) is 11.1. The molecular formula is C18H24N4S. The van der Waals surface area contributed by atoms with Gasteiger partial charge in [0.1, 0.15) is 0 Å². The maximum absolute atomic E-state index is 5.62. The van der Waals surface area contributed by atoms with Gasteiger partial charge in [0, 0.05) is 30.7 Å². The fraction of sp³-hybridized carbons (Fsp3) is 0.444. The van der Waals surface area contributed by atoms with Gasteiger partial charge < -0.3 is 14.8 Å². The van der Waals surface area contributed by atoms with Gasteiger partial charge in [-0.1, -0.05) is 13.0 Å². The van der Waals surface area contributed by atoms with Gasteiger partial charge in [0.05, 0.1) is 17.8 Å². The van der Waals surface area contributed by atoms with Gasteiger partial charge in [0.25, 0.3) is 0 Å². The first-order valence-electron chi connectivity index (χ1n) is 8.28. The van der Waals surface area contributed by atoms with Crippen molar-refractivity contribution in [3.63, 3.8) is 0 Å². The highest BCUT2D eigenvalue weighted by atomic mass is 32.1. The fourth-order valence-electron chi connectivity index (χ4n) is 3.34. The zero-order chi connectivity index (χ0) is 16.4. The zero-order valence-corrected chi connectivity index (χ0v) is 14.8. The van der Waals surface area contributed by atoms with Crippen molar-refractivity contribution in [2.45, 2.75) is 45.3 Å². The van der Waals surface area contributed by atoms with Crippen molar-refractivity contribution < 1.29 is 0 Å². The summed E-state index contributed by atoms with van der Waals surface area (Å²) in [7, 11) is 0. The Morgan fingerprint density at radius 3 is 2.74 bits per heavy atom. The first kappa shape index (κ1) is 16.0. The molecule has 2 aromatic rings. The van der Waals surface area contributed by atoms with Crippen molar-refractivity contribution in [3.8, 4) is 0 Å². The molecule has 1 saturated heterocycles. The lowest BCUT2D eigenvalue weighted by Gasteiger charge is -2.29. The Labute approximate surface area is 143 Å². The molecule has 0 amide bonds. The molecule has 0 radical (unpaired) electrons. The second kappa shape index (κ2) is 6.71. The van der Waals surface area contributed by atoms with Crippen LogP contribution in [0.4, 0.5) is 0 Å². The predicted molar refractivity (Wildman–Crippen MR) is 97.3 cm³/mol. The minimum atomic E-state index is 0.0858. The van der Waals surface area contributed by atoms with E-state index in [-0.39, 0.29) is 12.1 Å². The molecule has 3 heterocycles. The molecule has 0 saturated carbocycles. The van der Waals surface area contributed by atoms with E-state index in [4.69, 9.17) is 12.2 Å². The molecular weight excluding hydrogens is 304 g/mol. The monoisotopic (exact) mass is 328 g/mol. The molecule has 0 aliphatic carbocycles. The van der Waals surface area contributed by atoms with Crippen LogP contribution in [0.5, 0.6) is 0 Å².